The Labute approximate surface area is 167 Å². The van der Waals surface area contributed by atoms with Gasteiger partial charge in [-0.25, -0.2) is 18.2 Å². The van der Waals surface area contributed by atoms with E-state index in [9.17, 15) is 22.8 Å². The van der Waals surface area contributed by atoms with Gasteiger partial charge in [-0.1, -0.05) is 29.5 Å². The molecule has 4 rings (SSSR count). The molecule has 1 aliphatic heterocycles. The van der Waals surface area contributed by atoms with Crippen molar-refractivity contribution in [1.82, 2.24) is 9.88 Å². The molecule has 29 heavy (non-hydrogen) atoms. The van der Waals surface area contributed by atoms with Crippen molar-refractivity contribution in [2.45, 2.75) is 13.0 Å². The number of anilines is 1. The van der Waals surface area contributed by atoms with E-state index in [-0.39, 0.29) is 11.0 Å². The van der Waals surface area contributed by atoms with Gasteiger partial charge in [-0.05, 0) is 24.3 Å². The predicted octanol–water partition coefficient (Wildman–Crippen LogP) is 4.01. The van der Waals surface area contributed by atoms with Crippen LogP contribution < -0.4 is 5.32 Å². The van der Waals surface area contributed by atoms with Gasteiger partial charge < -0.3 is 4.90 Å². The molecule has 0 radical (unpaired) electrons. The fraction of sp³-hybridized carbons (Fsp3) is 0.150. The quantitative estimate of drug-likeness (QED) is 0.655. The summed E-state index contributed by atoms with van der Waals surface area (Å²) >= 11 is 1.16. The first kappa shape index (κ1) is 19.1. The van der Waals surface area contributed by atoms with Crippen LogP contribution in [0.4, 0.5) is 18.3 Å². The third-order valence-electron chi connectivity index (χ3n) is 4.54. The molecular formula is C20H14F3N3O2S. The zero-order valence-electron chi connectivity index (χ0n) is 14.9. The number of amides is 2. The number of halogens is 3. The number of carbonyl (C=O) groups is 2. The van der Waals surface area contributed by atoms with E-state index in [4.69, 9.17) is 0 Å². The second-order valence-electron chi connectivity index (χ2n) is 6.41. The molecule has 0 atom stereocenters. The van der Waals surface area contributed by atoms with Crippen molar-refractivity contribution in [3.8, 4) is 0 Å². The summed E-state index contributed by atoms with van der Waals surface area (Å²) < 4.78 is 40.2. The van der Waals surface area contributed by atoms with E-state index >= 15 is 0 Å². The SMILES string of the molecule is O=C(Nc1nc2c(s1)CN(C(=O)c1ccccc1)CC2)c1ccc(F)c(F)c1F. The number of hydrogen-bond donors (Lipinski definition) is 1. The summed E-state index contributed by atoms with van der Waals surface area (Å²) in [5, 5.41) is 2.62. The molecule has 2 amide bonds. The lowest BCUT2D eigenvalue weighted by atomic mass is 10.1. The Hall–Kier alpha value is -3.20. The lowest BCUT2D eigenvalue weighted by Gasteiger charge is -2.26. The normalized spacial score (nSPS) is 13.1. The summed E-state index contributed by atoms with van der Waals surface area (Å²) in [4.78, 5) is 31.6. The molecule has 1 N–H and O–H groups in total. The van der Waals surface area contributed by atoms with E-state index in [1.165, 1.54) is 0 Å². The van der Waals surface area contributed by atoms with Crippen LogP contribution in [-0.2, 0) is 13.0 Å². The minimum Gasteiger partial charge on any atom is -0.333 e. The van der Waals surface area contributed by atoms with Gasteiger partial charge in [0.15, 0.2) is 22.6 Å². The number of rotatable bonds is 3. The highest BCUT2D eigenvalue weighted by Crippen LogP contribution is 2.29. The molecule has 0 aliphatic carbocycles. The van der Waals surface area contributed by atoms with Gasteiger partial charge in [0.1, 0.15) is 0 Å². The van der Waals surface area contributed by atoms with Gasteiger partial charge in [-0.15, -0.1) is 0 Å². The predicted molar refractivity (Wildman–Crippen MR) is 101 cm³/mol. The zero-order valence-corrected chi connectivity index (χ0v) is 15.7. The largest absolute Gasteiger partial charge is 0.333 e. The summed E-state index contributed by atoms with van der Waals surface area (Å²) in [7, 11) is 0. The van der Waals surface area contributed by atoms with E-state index in [1.807, 2.05) is 6.07 Å². The zero-order chi connectivity index (χ0) is 20.5. The molecule has 5 nitrogen and oxygen atoms in total. The van der Waals surface area contributed by atoms with Gasteiger partial charge in [0, 0.05) is 23.4 Å². The highest BCUT2D eigenvalue weighted by Gasteiger charge is 2.26. The average Bonchev–Trinajstić information content (AvgIpc) is 3.13. The van der Waals surface area contributed by atoms with Crippen LogP contribution in [0.2, 0.25) is 0 Å². The first-order chi connectivity index (χ1) is 13.9. The summed E-state index contributed by atoms with van der Waals surface area (Å²) in [5.41, 5.74) is 0.717. The van der Waals surface area contributed by atoms with Crippen LogP contribution in [0.5, 0.6) is 0 Å². The van der Waals surface area contributed by atoms with Crippen LogP contribution in [0.15, 0.2) is 42.5 Å². The Balaban J connectivity index is 1.49. The minimum atomic E-state index is -1.70. The average molecular weight is 417 g/mol. The molecule has 3 aromatic rings. The number of aromatic nitrogens is 1. The first-order valence-corrected chi connectivity index (χ1v) is 9.53. The second kappa shape index (κ2) is 7.67. The van der Waals surface area contributed by atoms with Crippen LogP contribution in [0, 0.1) is 17.5 Å². The molecule has 2 aromatic carbocycles. The lowest BCUT2D eigenvalue weighted by molar-refractivity contribution is 0.0736. The maximum absolute atomic E-state index is 13.8. The highest BCUT2D eigenvalue weighted by atomic mass is 32.1. The van der Waals surface area contributed by atoms with E-state index in [2.05, 4.69) is 10.3 Å². The number of nitrogens with one attached hydrogen (secondary N) is 1. The van der Waals surface area contributed by atoms with E-state index < -0.39 is 28.9 Å². The summed E-state index contributed by atoms with van der Waals surface area (Å²) in [6, 6.07) is 10.5. The molecule has 9 heteroatoms. The van der Waals surface area contributed by atoms with Crippen molar-refractivity contribution < 1.29 is 22.8 Å². The summed E-state index contributed by atoms with van der Waals surface area (Å²) in [5.74, 6) is -5.65. The second-order valence-corrected chi connectivity index (χ2v) is 7.49. The number of benzene rings is 2. The van der Waals surface area contributed by atoms with E-state index in [0.29, 0.717) is 31.1 Å². The van der Waals surface area contributed by atoms with Crippen molar-refractivity contribution in [3.63, 3.8) is 0 Å². The molecule has 0 saturated heterocycles. The smallest absolute Gasteiger partial charge is 0.260 e. The third kappa shape index (κ3) is 3.73. The van der Waals surface area contributed by atoms with E-state index in [1.54, 1.807) is 29.2 Å². The Kier molecular flexibility index (Phi) is 5.06. The van der Waals surface area contributed by atoms with Gasteiger partial charge in [0.25, 0.3) is 11.8 Å². The topological polar surface area (TPSA) is 62.3 Å². The Morgan fingerprint density at radius 2 is 1.79 bits per heavy atom. The van der Waals surface area contributed by atoms with Crippen molar-refractivity contribution in [1.29, 1.82) is 0 Å². The third-order valence-corrected chi connectivity index (χ3v) is 5.54. The lowest BCUT2D eigenvalue weighted by Crippen LogP contribution is -2.35. The fourth-order valence-corrected chi connectivity index (χ4v) is 4.07. The maximum Gasteiger partial charge on any atom is 0.260 e. The number of hydrogen-bond acceptors (Lipinski definition) is 4. The summed E-state index contributed by atoms with van der Waals surface area (Å²) in [6.07, 6.45) is 0.514. The van der Waals surface area contributed by atoms with Crippen molar-refractivity contribution in [2.24, 2.45) is 0 Å². The first-order valence-electron chi connectivity index (χ1n) is 8.72. The standard InChI is InChI=1S/C20H14F3N3O2S/c21-13-7-6-12(16(22)17(13)23)18(27)25-20-24-14-8-9-26(10-15(14)29-20)19(28)11-4-2-1-3-5-11/h1-7H,8-10H2,(H,24,25,27). The highest BCUT2D eigenvalue weighted by molar-refractivity contribution is 7.15. The Morgan fingerprint density at radius 3 is 2.55 bits per heavy atom. The molecule has 0 unspecified atom stereocenters. The van der Waals surface area contributed by atoms with Gasteiger partial charge in [-0.2, -0.15) is 0 Å². The molecule has 1 aliphatic rings. The van der Waals surface area contributed by atoms with Crippen molar-refractivity contribution in [2.75, 3.05) is 11.9 Å². The summed E-state index contributed by atoms with van der Waals surface area (Å²) in [6.45, 7) is 0.825. The molecule has 2 heterocycles. The molecule has 0 bridgehead atoms. The number of thiazole rings is 1. The monoisotopic (exact) mass is 417 g/mol. The number of fused-ring (bicyclic) bond motifs is 1. The minimum absolute atomic E-state index is 0.0981. The van der Waals surface area contributed by atoms with Gasteiger partial charge in [0.2, 0.25) is 0 Å². The van der Waals surface area contributed by atoms with Crippen LogP contribution in [0.3, 0.4) is 0 Å². The van der Waals surface area contributed by atoms with Crippen LogP contribution >= 0.6 is 11.3 Å². The van der Waals surface area contributed by atoms with Crippen molar-refractivity contribution in [3.05, 3.63) is 81.6 Å². The van der Waals surface area contributed by atoms with E-state index in [0.717, 1.165) is 28.0 Å². The molecule has 148 valence electrons. The maximum atomic E-state index is 13.8. The van der Waals surface area contributed by atoms with Gasteiger partial charge in [0.05, 0.1) is 17.8 Å². The fourth-order valence-electron chi connectivity index (χ4n) is 3.05. The molecule has 0 saturated carbocycles. The molecule has 1 aromatic heterocycles. The molecular weight excluding hydrogens is 403 g/mol. The van der Waals surface area contributed by atoms with Crippen LogP contribution in [-0.4, -0.2) is 28.2 Å². The van der Waals surface area contributed by atoms with Crippen molar-refractivity contribution >= 4 is 28.3 Å². The van der Waals surface area contributed by atoms with Gasteiger partial charge >= 0.3 is 0 Å². The molecule has 0 fully saturated rings. The number of nitrogens with zero attached hydrogens (tertiary/aromatic N) is 2. The Bertz CT molecular complexity index is 1100. The van der Waals surface area contributed by atoms with Gasteiger partial charge in [-0.3, -0.25) is 14.9 Å². The van der Waals surface area contributed by atoms with Crippen LogP contribution in [0.25, 0.3) is 0 Å². The molecule has 0 spiro atoms. The number of carbonyl (C=O) groups excluding carboxylic acids is 2. The van der Waals surface area contributed by atoms with Crippen LogP contribution in [0.1, 0.15) is 31.3 Å². The Morgan fingerprint density at radius 1 is 1.03 bits per heavy atom.